The first-order valence-corrected chi connectivity index (χ1v) is 8.97. The summed E-state index contributed by atoms with van der Waals surface area (Å²) in [5.74, 6) is 0.0830. The van der Waals surface area contributed by atoms with E-state index in [9.17, 15) is 4.79 Å². The Morgan fingerprint density at radius 3 is 2.59 bits per heavy atom. The van der Waals surface area contributed by atoms with Crippen molar-refractivity contribution in [1.82, 2.24) is 4.90 Å². The molecule has 1 aliphatic heterocycles. The van der Waals surface area contributed by atoms with Gasteiger partial charge in [-0.05, 0) is 24.5 Å². The van der Waals surface area contributed by atoms with E-state index in [0.717, 1.165) is 27.6 Å². The van der Waals surface area contributed by atoms with E-state index >= 15 is 0 Å². The van der Waals surface area contributed by atoms with E-state index in [2.05, 4.69) is 0 Å². The van der Waals surface area contributed by atoms with Gasteiger partial charge in [0.1, 0.15) is 4.32 Å². The van der Waals surface area contributed by atoms with E-state index in [-0.39, 0.29) is 5.91 Å². The molecule has 2 nitrogen and oxygen atoms in total. The fourth-order valence-corrected chi connectivity index (χ4v) is 4.31. The van der Waals surface area contributed by atoms with Crippen LogP contribution in [0.15, 0.2) is 47.4 Å². The van der Waals surface area contributed by atoms with Crippen LogP contribution in [0.5, 0.6) is 0 Å². The van der Waals surface area contributed by atoms with Crippen molar-refractivity contribution in [2.75, 3.05) is 0 Å². The molecule has 0 N–H and O–H groups in total. The van der Waals surface area contributed by atoms with Gasteiger partial charge in [0.25, 0.3) is 5.91 Å². The molecule has 2 fully saturated rings. The van der Waals surface area contributed by atoms with Gasteiger partial charge < -0.3 is 0 Å². The van der Waals surface area contributed by atoms with Crippen molar-refractivity contribution in [2.24, 2.45) is 0 Å². The highest BCUT2D eigenvalue weighted by Gasteiger charge is 2.37. The van der Waals surface area contributed by atoms with Gasteiger partial charge in [-0.1, -0.05) is 85.7 Å². The first-order chi connectivity index (χ1) is 10.8. The predicted molar refractivity (Wildman–Crippen MR) is 97.5 cm³/mol. The van der Waals surface area contributed by atoms with E-state index in [1.807, 2.05) is 53.5 Å². The molecule has 1 amide bonds. The number of rotatable bonds is 3. The number of nitrogens with zero attached hydrogens (tertiary/aromatic N) is 1. The summed E-state index contributed by atoms with van der Waals surface area (Å²) in [6.07, 6.45) is 11.7. The summed E-state index contributed by atoms with van der Waals surface area (Å²) in [5, 5.41) is 0. The van der Waals surface area contributed by atoms with Gasteiger partial charge in [-0.25, -0.2) is 0 Å². The van der Waals surface area contributed by atoms with Gasteiger partial charge in [0.15, 0.2) is 0 Å². The van der Waals surface area contributed by atoms with Crippen LogP contribution in [0.2, 0.25) is 0 Å². The van der Waals surface area contributed by atoms with Crippen LogP contribution in [0.3, 0.4) is 0 Å². The van der Waals surface area contributed by atoms with Gasteiger partial charge >= 0.3 is 0 Å². The van der Waals surface area contributed by atoms with Gasteiger partial charge in [-0.15, -0.1) is 0 Å². The summed E-state index contributed by atoms with van der Waals surface area (Å²) >= 11 is 6.85. The van der Waals surface area contributed by atoms with E-state index < -0.39 is 0 Å². The lowest BCUT2D eigenvalue weighted by molar-refractivity contribution is -0.124. The van der Waals surface area contributed by atoms with E-state index in [0.29, 0.717) is 6.04 Å². The molecule has 0 radical (unpaired) electrons. The Kier molecular flexibility index (Phi) is 5.11. The third kappa shape index (κ3) is 3.50. The first kappa shape index (κ1) is 15.5. The van der Waals surface area contributed by atoms with Crippen molar-refractivity contribution < 1.29 is 4.79 Å². The molecule has 1 aromatic carbocycles. The van der Waals surface area contributed by atoms with Crippen molar-refractivity contribution in [1.29, 1.82) is 0 Å². The SMILES string of the molecule is O=C1C(=CC=Cc2ccccc2)SC(=S)N1C1CCCCC1. The molecule has 4 heteroatoms. The van der Waals surface area contributed by atoms with Gasteiger partial charge in [0, 0.05) is 6.04 Å². The molecule has 1 aliphatic carbocycles. The highest BCUT2D eigenvalue weighted by atomic mass is 32.2. The second-order valence-corrected chi connectivity index (χ2v) is 7.31. The maximum absolute atomic E-state index is 12.6. The minimum absolute atomic E-state index is 0.0830. The molecule has 2 aliphatic rings. The number of carbonyl (C=O) groups is 1. The van der Waals surface area contributed by atoms with E-state index in [1.54, 1.807) is 0 Å². The Labute approximate surface area is 141 Å². The van der Waals surface area contributed by atoms with Crippen molar-refractivity contribution in [2.45, 2.75) is 38.1 Å². The number of thioether (sulfide) groups is 1. The third-order valence-corrected chi connectivity index (χ3v) is 5.45. The fraction of sp³-hybridized carbons (Fsp3) is 0.333. The second kappa shape index (κ2) is 7.25. The molecule has 0 atom stereocenters. The Balaban J connectivity index is 1.70. The molecular formula is C18H19NOS2. The lowest BCUT2D eigenvalue weighted by atomic mass is 9.94. The Morgan fingerprint density at radius 2 is 1.86 bits per heavy atom. The van der Waals surface area contributed by atoms with E-state index in [4.69, 9.17) is 12.2 Å². The third-order valence-electron chi connectivity index (χ3n) is 4.10. The number of allylic oxidation sites excluding steroid dienone is 2. The first-order valence-electron chi connectivity index (χ1n) is 7.74. The molecule has 114 valence electrons. The zero-order valence-corrected chi connectivity index (χ0v) is 14.0. The highest BCUT2D eigenvalue weighted by Crippen LogP contribution is 2.36. The van der Waals surface area contributed by atoms with Crippen LogP contribution >= 0.6 is 24.0 Å². The van der Waals surface area contributed by atoms with Crippen LogP contribution in [0.1, 0.15) is 37.7 Å². The molecule has 0 aromatic heterocycles. The van der Waals surface area contributed by atoms with Crippen LogP contribution in [0.25, 0.3) is 6.08 Å². The highest BCUT2D eigenvalue weighted by molar-refractivity contribution is 8.26. The summed E-state index contributed by atoms with van der Waals surface area (Å²) < 4.78 is 0.719. The number of benzene rings is 1. The molecule has 1 heterocycles. The minimum Gasteiger partial charge on any atom is -0.290 e. The van der Waals surface area contributed by atoms with Gasteiger partial charge in [0.2, 0.25) is 0 Å². The second-order valence-electron chi connectivity index (χ2n) is 5.64. The lowest BCUT2D eigenvalue weighted by Gasteiger charge is -2.29. The Hall–Kier alpha value is -1.39. The van der Waals surface area contributed by atoms with Gasteiger partial charge in [-0.3, -0.25) is 9.69 Å². The van der Waals surface area contributed by atoms with Gasteiger partial charge in [0.05, 0.1) is 4.91 Å². The van der Waals surface area contributed by atoms with Crippen LogP contribution in [0, 0.1) is 0 Å². The Morgan fingerprint density at radius 1 is 1.14 bits per heavy atom. The average Bonchev–Trinajstić information content (AvgIpc) is 2.83. The molecular weight excluding hydrogens is 310 g/mol. The average molecular weight is 329 g/mol. The molecule has 22 heavy (non-hydrogen) atoms. The number of amides is 1. The van der Waals surface area contributed by atoms with Crippen molar-refractivity contribution >= 4 is 40.3 Å². The molecule has 1 aromatic rings. The summed E-state index contributed by atoms with van der Waals surface area (Å²) in [5.41, 5.74) is 1.13. The van der Waals surface area contributed by atoms with Crippen LogP contribution in [-0.4, -0.2) is 21.2 Å². The number of thiocarbonyl (C=S) groups is 1. The monoisotopic (exact) mass is 329 g/mol. The number of carbonyl (C=O) groups excluding carboxylic acids is 1. The summed E-state index contributed by atoms with van der Waals surface area (Å²) in [7, 11) is 0. The number of hydrogen-bond acceptors (Lipinski definition) is 3. The van der Waals surface area contributed by atoms with Crippen LogP contribution < -0.4 is 0 Å². The summed E-state index contributed by atoms with van der Waals surface area (Å²) in [6.45, 7) is 0. The molecule has 0 spiro atoms. The fourth-order valence-electron chi connectivity index (χ4n) is 2.96. The van der Waals surface area contributed by atoms with Crippen molar-refractivity contribution in [3.05, 3.63) is 53.0 Å². The zero-order valence-electron chi connectivity index (χ0n) is 12.4. The summed E-state index contributed by atoms with van der Waals surface area (Å²) in [6, 6.07) is 10.4. The quantitative estimate of drug-likeness (QED) is 0.588. The van der Waals surface area contributed by atoms with Crippen molar-refractivity contribution in [3.63, 3.8) is 0 Å². The topological polar surface area (TPSA) is 20.3 Å². The normalized spacial score (nSPS) is 22.2. The smallest absolute Gasteiger partial charge is 0.266 e. The molecule has 3 rings (SSSR count). The molecule has 0 unspecified atom stereocenters. The van der Waals surface area contributed by atoms with Gasteiger partial charge in [-0.2, -0.15) is 0 Å². The molecule has 1 saturated carbocycles. The molecule has 1 saturated heterocycles. The zero-order chi connectivity index (χ0) is 15.4. The number of hydrogen-bond donors (Lipinski definition) is 0. The Bertz CT molecular complexity index is 615. The summed E-state index contributed by atoms with van der Waals surface area (Å²) in [4.78, 5) is 15.2. The van der Waals surface area contributed by atoms with E-state index in [1.165, 1.54) is 31.0 Å². The largest absolute Gasteiger partial charge is 0.290 e. The predicted octanol–water partition coefficient (Wildman–Crippen LogP) is 4.78. The molecule has 0 bridgehead atoms. The minimum atomic E-state index is 0.0830. The van der Waals surface area contributed by atoms with Crippen LogP contribution in [0.4, 0.5) is 0 Å². The maximum Gasteiger partial charge on any atom is 0.266 e. The maximum atomic E-state index is 12.6. The lowest BCUT2D eigenvalue weighted by Crippen LogP contribution is -2.39. The van der Waals surface area contributed by atoms with Crippen molar-refractivity contribution in [3.8, 4) is 0 Å². The standard InChI is InChI=1S/C18H19NOS2/c20-17-16(13-7-10-14-8-3-1-4-9-14)22-18(21)19(17)15-11-5-2-6-12-15/h1,3-4,7-10,13,15H,2,5-6,11-12H2. The van der Waals surface area contributed by atoms with Crippen LogP contribution in [-0.2, 0) is 4.79 Å².